The van der Waals surface area contributed by atoms with Crippen LogP contribution in [0.25, 0.3) is 0 Å². The fourth-order valence-corrected chi connectivity index (χ4v) is 2.84. The zero-order valence-electron chi connectivity index (χ0n) is 10.2. The number of aryl methyl sites for hydroxylation is 2. The van der Waals surface area contributed by atoms with Gasteiger partial charge in [0, 0.05) is 11.9 Å². The van der Waals surface area contributed by atoms with Crippen LogP contribution in [-0.2, 0) is 19.3 Å². The van der Waals surface area contributed by atoms with E-state index in [0.717, 1.165) is 12.3 Å². The highest BCUT2D eigenvalue weighted by Gasteiger charge is 2.19. The third-order valence-corrected chi connectivity index (χ3v) is 3.76. The summed E-state index contributed by atoms with van der Waals surface area (Å²) in [7, 11) is 0. The predicted molar refractivity (Wildman–Crippen MR) is 69.0 cm³/mol. The van der Waals surface area contributed by atoms with Crippen LogP contribution >= 0.6 is 0 Å². The first-order valence-electron chi connectivity index (χ1n) is 6.37. The van der Waals surface area contributed by atoms with Gasteiger partial charge in [-0.15, -0.1) is 0 Å². The molecule has 17 heavy (non-hydrogen) atoms. The molecule has 0 spiro atoms. The smallest absolute Gasteiger partial charge is 0.0921 e. The zero-order chi connectivity index (χ0) is 11.7. The van der Waals surface area contributed by atoms with Gasteiger partial charge in [-0.05, 0) is 49.7 Å². The first-order chi connectivity index (χ1) is 8.31. The van der Waals surface area contributed by atoms with E-state index in [1.807, 2.05) is 6.20 Å². The zero-order valence-corrected chi connectivity index (χ0v) is 10.2. The molecule has 0 amide bonds. The fourth-order valence-electron chi connectivity index (χ4n) is 2.84. The number of imidazole rings is 1. The summed E-state index contributed by atoms with van der Waals surface area (Å²) < 4.78 is 0. The largest absolute Gasteiger partial charge is 0.348 e. The fraction of sp³-hybridized carbons (Fsp3) is 0.400. The molecule has 3 rings (SSSR count). The van der Waals surface area contributed by atoms with Crippen LogP contribution in [0.2, 0.25) is 0 Å². The highest BCUT2D eigenvalue weighted by molar-refractivity contribution is 5.33. The molecule has 2 nitrogen and oxygen atoms in total. The van der Waals surface area contributed by atoms with Gasteiger partial charge in [-0.2, -0.15) is 0 Å². The van der Waals surface area contributed by atoms with Crippen molar-refractivity contribution < 1.29 is 0 Å². The normalized spacial score (nSPS) is 19.0. The molecule has 2 heteroatoms. The summed E-state index contributed by atoms with van der Waals surface area (Å²) in [6, 6.07) is 6.89. The number of H-pyrrole nitrogens is 1. The van der Waals surface area contributed by atoms with E-state index in [1.54, 1.807) is 17.5 Å². The Bertz CT molecular complexity index is 500. The molecule has 0 bridgehead atoms. The van der Waals surface area contributed by atoms with Crippen molar-refractivity contribution in [3.63, 3.8) is 0 Å². The van der Waals surface area contributed by atoms with Gasteiger partial charge in [0.15, 0.2) is 0 Å². The Morgan fingerprint density at radius 3 is 3.12 bits per heavy atom. The average molecular weight is 226 g/mol. The van der Waals surface area contributed by atoms with Crippen molar-refractivity contribution in [3.8, 4) is 0 Å². The van der Waals surface area contributed by atoms with Crippen LogP contribution in [0.5, 0.6) is 0 Å². The SMILES string of the molecule is Cc1ccc2c(c1)CC(Cc1cnc[nH]1)CC2. The number of nitrogens with one attached hydrogen (secondary N) is 1. The first kappa shape index (κ1) is 10.6. The number of rotatable bonds is 2. The Labute approximate surface area is 102 Å². The second-order valence-corrected chi connectivity index (χ2v) is 5.16. The highest BCUT2D eigenvalue weighted by atomic mass is 14.9. The lowest BCUT2D eigenvalue weighted by Crippen LogP contribution is -2.16. The maximum absolute atomic E-state index is 4.09. The van der Waals surface area contributed by atoms with E-state index in [-0.39, 0.29) is 0 Å². The van der Waals surface area contributed by atoms with E-state index in [1.165, 1.54) is 30.5 Å². The van der Waals surface area contributed by atoms with Crippen LogP contribution in [0.1, 0.15) is 28.8 Å². The van der Waals surface area contributed by atoms with Crippen LogP contribution in [0.15, 0.2) is 30.7 Å². The van der Waals surface area contributed by atoms with E-state index in [4.69, 9.17) is 0 Å². The van der Waals surface area contributed by atoms with Gasteiger partial charge in [-0.1, -0.05) is 23.8 Å². The molecule has 0 saturated heterocycles. The molecule has 88 valence electrons. The van der Waals surface area contributed by atoms with E-state index < -0.39 is 0 Å². The van der Waals surface area contributed by atoms with Crippen LogP contribution in [0, 0.1) is 12.8 Å². The molecule has 2 aromatic rings. The number of nitrogens with zero attached hydrogens (tertiary/aromatic N) is 1. The van der Waals surface area contributed by atoms with Crippen molar-refractivity contribution >= 4 is 0 Å². The second-order valence-electron chi connectivity index (χ2n) is 5.16. The molecule has 0 radical (unpaired) electrons. The minimum Gasteiger partial charge on any atom is -0.348 e. The molecule has 1 unspecified atom stereocenters. The van der Waals surface area contributed by atoms with Crippen LogP contribution < -0.4 is 0 Å². The quantitative estimate of drug-likeness (QED) is 0.837. The van der Waals surface area contributed by atoms with E-state index >= 15 is 0 Å². The Morgan fingerprint density at radius 2 is 2.29 bits per heavy atom. The van der Waals surface area contributed by atoms with Crippen molar-refractivity contribution in [2.75, 3.05) is 0 Å². The van der Waals surface area contributed by atoms with Gasteiger partial charge in [0.1, 0.15) is 0 Å². The lowest BCUT2D eigenvalue weighted by Gasteiger charge is -2.24. The third kappa shape index (κ3) is 2.26. The lowest BCUT2D eigenvalue weighted by molar-refractivity contribution is 0.452. The molecule has 1 aromatic carbocycles. The molecule has 1 aromatic heterocycles. The van der Waals surface area contributed by atoms with Crippen LogP contribution in [-0.4, -0.2) is 9.97 Å². The van der Waals surface area contributed by atoms with Crippen molar-refractivity contribution in [1.29, 1.82) is 0 Å². The molecule has 1 N–H and O–H groups in total. The molecular formula is C15H18N2. The number of hydrogen-bond acceptors (Lipinski definition) is 1. The summed E-state index contributed by atoms with van der Waals surface area (Å²) in [5, 5.41) is 0. The van der Waals surface area contributed by atoms with Crippen LogP contribution in [0.4, 0.5) is 0 Å². The van der Waals surface area contributed by atoms with E-state index in [2.05, 4.69) is 35.1 Å². The van der Waals surface area contributed by atoms with Crippen LogP contribution in [0.3, 0.4) is 0 Å². The summed E-state index contributed by atoms with van der Waals surface area (Å²) in [6.45, 7) is 2.18. The monoisotopic (exact) mass is 226 g/mol. The van der Waals surface area contributed by atoms with Gasteiger partial charge < -0.3 is 4.98 Å². The van der Waals surface area contributed by atoms with Crippen molar-refractivity contribution in [3.05, 3.63) is 53.1 Å². The summed E-state index contributed by atoms with van der Waals surface area (Å²) >= 11 is 0. The number of aromatic amines is 1. The number of benzene rings is 1. The minimum absolute atomic E-state index is 0.768. The van der Waals surface area contributed by atoms with E-state index in [0.29, 0.717) is 0 Å². The Hall–Kier alpha value is -1.57. The molecule has 0 saturated carbocycles. The summed E-state index contributed by atoms with van der Waals surface area (Å²) in [4.78, 5) is 7.30. The van der Waals surface area contributed by atoms with Gasteiger partial charge in [-0.3, -0.25) is 0 Å². The topological polar surface area (TPSA) is 28.7 Å². The molecule has 1 aliphatic rings. The lowest BCUT2D eigenvalue weighted by atomic mass is 9.81. The Balaban J connectivity index is 1.76. The van der Waals surface area contributed by atoms with Gasteiger partial charge in [0.2, 0.25) is 0 Å². The Morgan fingerprint density at radius 1 is 1.35 bits per heavy atom. The maximum atomic E-state index is 4.09. The van der Waals surface area contributed by atoms with Gasteiger partial charge >= 0.3 is 0 Å². The number of hydrogen-bond donors (Lipinski definition) is 1. The first-order valence-corrected chi connectivity index (χ1v) is 6.37. The van der Waals surface area contributed by atoms with Crippen molar-refractivity contribution in [1.82, 2.24) is 9.97 Å². The second kappa shape index (κ2) is 4.36. The van der Waals surface area contributed by atoms with Gasteiger partial charge in [0.25, 0.3) is 0 Å². The van der Waals surface area contributed by atoms with Crippen molar-refractivity contribution in [2.24, 2.45) is 5.92 Å². The molecular weight excluding hydrogens is 208 g/mol. The highest BCUT2D eigenvalue weighted by Crippen LogP contribution is 2.28. The molecule has 1 heterocycles. The summed E-state index contributed by atoms with van der Waals surface area (Å²) in [5.74, 6) is 0.768. The van der Waals surface area contributed by atoms with Crippen molar-refractivity contribution in [2.45, 2.75) is 32.6 Å². The molecule has 1 aliphatic carbocycles. The maximum Gasteiger partial charge on any atom is 0.0921 e. The summed E-state index contributed by atoms with van der Waals surface area (Å²) in [5.41, 5.74) is 5.76. The van der Waals surface area contributed by atoms with Gasteiger partial charge in [-0.25, -0.2) is 4.98 Å². The summed E-state index contributed by atoms with van der Waals surface area (Å²) in [6.07, 6.45) is 8.61. The molecule has 1 atom stereocenters. The number of fused-ring (bicyclic) bond motifs is 1. The van der Waals surface area contributed by atoms with E-state index in [9.17, 15) is 0 Å². The molecule has 0 aliphatic heterocycles. The minimum atomic E-state index is 0.768. The number of aromatic nitrogens is 2. The average Bonchev–Trinajstić information content (AvgIpc) is 2.81. The van der Waals surface area contributed by atoms with Gasteiger partial charge in [0.05, 0.1) is 6.33 Å². The predicted octanol–water partition coefficient (Wildman–Crippen LogP) is 3.07. The third-order valence-electron chi connectivity index (χ3n) is 3.76. The Kier molecular flexibility index (Phi) is 2.71. The standard InChI is InChI=1S/C15H18N2/c1-11-2-4-13-5-3-12(7-14(13)6-11)8-15-9-16-10-17-15/h2,4,6,9-10,12H,3,5,7-8H2,1H3,(H,16,17). The molecule has 0 fully saturated rings.